The zero-order valence-electron chi connectivity index (χ0n) is 9.10. The molecular formula is C12H12ClNO2S. The standard InChI is InChI=1S/C12H12ClNO2S/c13-9-1-3-11(4-2-9)16-6-5-12-14-10(7-15)8-17-12/h1-4,8,15H,5-7H2. The Labute approximate surface area is 109 Å². The molecule has 0 saturated heterocycles. The number of hydrogen-bond donors (Lipinski definition) is 1. The Morgan fingerprint density at radius 3 is 2.71 bits per heavy atom. The van der Waals surface area contributed by atoms with Crippen molar-refractivity contribution in [2.75, 3.05) is 6.61 Å². The largest absolute Gasteiger partial charge is 0.493 e. The summed E-state index contributed by atoms with van der Waals surface area (Å²) >= 11 is 7.31. The van der Waals surface area contributed by atoms with Gasteiger partial charge < -0.3 is 9.84 Å². The molecule has 0 saturated carbocycles. The molecule has 3 nitrogen and oxygen atoms in total. The van der Waals surface area contributed by atoms with Gasteiger partial charge in [-0.05, 0) is 24.3 Å². The molecule has 0 aliphatic rings. The first-order valence-electron chi connectivity index (χ1n) is 5.20. The molecule has 1 aromatic heterocycles. The number of thiazole rings is 1. The zero-order chi connectivity index (χ0) is 12.1. The van der Waals surface area contributed by atoms with Gasteiger partial charge in [-0.1, -0.05) is 11.6 Å². The third kappa shape index (κ3) is 3.70. The van der Waals surface area contributed by atoms with Crippen LogP contribution < -0.4 is 4.74 Å². The van der Waals surface area contributed by atoms with E-state index in [-0.39, 0.29) is 6.61 Å². The van der Waals surface area contributed by atoms with Gasteiger partial charge in [0.25, 0.3) is 0 Å². The molecule has 0 aliphatic carbocycles. The normalized spacial score (nSPS) is 10.5. The average Bonchev–Trinajstić information content (AvgIpc) is 2.80. The first kappa shape index (κ1) is 12.4. The number of rotatable bonds is 5. The molecule has 0 spiro atoms. The maximum absolute atomic E-state index is 8.88. The summed E-state index contributed by atoms with van der Waals surface area (Å²) in [5, 5.41) is 12.4. The minimum absolute atomic E-state index is 0.00542. The van der Waals surface area contributed by atoms with Gasteiger partial charge in [-0.2, -0.15) is 0 Å². The molecule has 1 N–H and O–H groups in total. The number of aromatic nitrogens is 1. The van der Waals surface area contributed by atoms with Crippen molar-refractivity contribution in [3.63, 3.8) is 0 Å². The molecule has 0 unspecified atom stereocenters. The second-order valence-corrected chi connectivity index (χ2v) is 4.82. The molecule has 90 valence electrons. The Morgan fingerprint density at radius 2 is 2.06 bits per heavy atom. The van der Waals surface area contributed by atoms with Crippen LogP contribution >= 0.6 is 22.9 Å². The van der Waals surface area contributed by atoms with Crippen molar-refractivity contribution in [1.82, 2.24) is 4.98 Å². The number of hydrogen-bond acceptors (Lipinski definition) is 4. The van der Waals surface area contributed by atoms with Crippen LogP contribution in [0.15, 0.2) is 29.6 Å². The molecule has 1 heterocycles. The molecule has 17 heavy (non-hydrogen) atoms. The van der Waals surface area contributed by atoms with Crippen molar-refractivity contribution in [2.45, 2.75) is 13.0 Å². The fourth-order valence-electron chi connectivity index (χ4n) is 1.32. The number of aliphatic hydroxyl groups is 1. The van der Waals surface area contributed by atoms with E-state index in [2.05, 4.69) is 4.98 Å². The molecule has 0 radical (unpaired) electrons. The van der Waals surface area contributed by atoms with Gasteiger partial charge in [-0.3, -0.25) is 0 Å². The van der Waals surface area contributed by atoms with E-state index in [1.54, 1.807) is 12.1 Å². The highest BCUT2D eigenvalue weighted by Crippen LogP contribution is 2.16. The Morgan fingerprint density at radius 1 is 1.29 bits per heavy atom. The van der Waals surface area contributed by atoms with E-state index in [0.29, 0.717) is 11.6 Å². The van der Waals surface area contributed by atoms with Crippen LogP contribution in [0.3, 0.4) is 0 Å². The van der Waals surface area contributed by atoms with Gasteiger partial charge in [0.15, 0.2) is 0 Å². The summed E-state index contributed by atoms with van der Waals surface area (Å²) in [6.07, 6.45) is 0.743. The van der Waals surface area contributed by atoms with Crippen molar-refractivity contribution < 1.29 is 9.84 Å². The van der Waals surface area contributed by atoms with Crippen molar-refractivity contribution in [3.8, 4) is 5.75 Å². The minimum Gasteiger partial charge on any atom is -0.493 e. The SMILES string of the molecule is OCc1csc(CCOc2ccc(Cl)cc2)n1. The predicted molar refractivity (Wildman–Crippen MR) is 68.7 cm³/mol. The maximum atomic E-state index is 8.88. The summed E-state index contributed by atoms with van der Waals surface area (Å²) in [7, 11) is 0. The number of halogens is 1. The summed E-state index contributed by atoms with van der Waals surface area (Å²) in [5.74, 6) is 0.799. The molecule has 2 rings (SSSR count). The van der Waals surface area contributed by atoms with E-state index in [1.807, 2.05) is 17.5 Å². The van der Waals surface area contributed by atoms with E-state index < -0.39 is 0 Å². The van der Waals surface area contributed by atoms with Crippen LogP contribution in [-0.4, -0.2) is 16.7 Å². The van der Waals surface area contributed by atoms with Gasteiger partial charge in [-0.15, -0.1) is 11.3 Å². The van der Waals surface area contributed by atoms with Crippen LogP contribution in [0.4, 0.5) is 0 Å². The lowest BCUT2D eigenvalue weighted by Gasteiger charge is -2.04. The van der Waals surface area contributed by atoms with Gasteiger partial charge in [0, 0.05) is 16.8 Å². The van der Waals surface area contributed by atoms with Crippen LogP contribution in [0.5, 0.6) is 5.75 Å². The maximum Gasteiger partial charge on any atom is 0.119 e. The van der Waals surface area contributed by atoms with Crippen molar-refractivity contribution in [3.05, 3.63) is 45.4 Å². The number of nitrogens with zero attached hydrogens (tertiary/aromatic N) is 1. The van der Waals surface area contributed by atoms with Gasteiger partial charge in [-0.25, -0.2) is 4.98 Å². The zero-order valence-corrected chi connectivity index (χ0v) is 10.7. The average molecular weight is 270 g/mol. The van der Waals surface area contributed by atoms with Crippen LogP contribution in [0.2, 0.25) is 5.02 Å². The van der Waals surface area contributed by atoms with Crippen LogP contribution in [-0.2, 0) is 13.0 Å². The summed E-state index contributed by atoms with van der Waals surface area (Å²) in [6.45, 7) is 0.564. The topological polar surface area (TPSA) is 42.4 Å². The Kier molecular flexibility index (Phi) is 4.36. The fraction of sp³-hybridized carbons (Fsp3) is 0.250. The summed E-state index contributed by atoms with van der Waals surface area (Å²) in [4.78, 5) is 4.24. The molecule has 0 atom stereocenters. The monoisotopic (exact) mass is 269 g/mol. The lowest BCUT2D eigenvalue weighted by Crippen LogP contribution is -2.01. The predicted octanol–water partition coefficient (Wildman–Crippen LogP) is 2.91. The lowest BCUT2D eigenvalue weighted by molar-refractivity contribution is 0.277. The highest BCUT2D eigenvalue weighted by molar-refractivity contribution is 7.09. The van der Waals surface area contributed by atoms with Crippen molar-refractivity contribution in [2.24, 2.45) is 0 Å². The second-order valence-electron chi connectivity index (χ2n) is 3.44. The summed E-state index contributed by atoms with van der Waals surface area (Å²) in [5.41, 5.74) is 0.719. The molecular weight excluding hydrogens is 258 g/mol. The van der Waals surface area contributed by atoms with E-state index in [9.17, 15) is 0 Å². The molecule has 1 aromatic carbocycles. The summed E-state index contributed by atoms with van der Waals surface area (Å²) < 4.78 is 5.55. The van der Waals surface area contributed by atoms with Crippen LogP contribution in [0.1, 0.15) is 10.7 Å². The van der Waals surface area contributed by atoms with E-state index >= 15 is 0 Å². The molecule has 5 heteroatoms. The Hall–Kier alpha value is -1.10. The van der Waals surface area contributed by atoms with E-state index in [4.69, 9.17) is 21.4 Å². The van der Waals surface area contributed by atoms with Crippen molar-refractivity contribution in [1.29, 1.82) is 0 Å². The second kappa shape index (κ2) is 6.00. The van der Waals surface area contributed by atoms with E-state index in [1.165, 1.54) is 11.3 Å². The lowest BCUT2D eigenvalue weighted by atomic mass is 10.3. The Bertz CT molecular complexity index is 470. The third-order valence-corrected chi connectivity index (χ3v) is 3.37. The molecule has 2 aromatic rings. The first-order chi connectivity index (χ1) is 8.28. The van der Waals surface area contributed by atoms with Gasteiger partial charge in [0.05, 0.1) is 23.9 Å². The number of aliphatic hydroxyl groups excluding tert-OH is 1. The number of ether oxygens (including phenoxy) is 1. The minimum atomic E-state index is -0.00542. The van der Waals surface area contributed by atoms with Crippen LogP contribution in [0.25, 0.3) is 0 Å². The Balaban J connectivity index is 1.81. The van der Waals surface area contributed by atoms with E-state index in [0.717, 1.165) is 22.9 Å². The smallest absolute Gasteiger partial charge is 0.119 e. The van der Waals surface area contributed by atoms with Gasteiger partial charge in [0.2, 0.25) is 0 Å². The quantitative estimate of drug-likeness (QED) is 0.908. The third-order valence-electron chi connectivity index (χ3n) is 2.16. The fourth-order valence-corrected chi connectivity index (χ4v) is 2.22. The van der Waals surface area contributed by atoms with Crippen LogP contribution in [0, 0.1) is 0 Å². The first-order valence-corrected chi connectivity index (χ1v) is 6.46. The van der Waals surface area contributed by atoms with Gasteiger partial charge >= 0.3 is 0 Å². The molecule has 0 aliphatic heterocycles. The highest BCUT2D eigenvalue weighted by Gasteiger charge is 2.01. The molecule has 0 amide bonds. The van der Waals surface area contributed by atoms with Gasteiger partial charge in [0.1, 0.15) is 5.75 Å². The molecule has 0 bridgehead atoms. The van der Waals surface area contributed by atoms with Crippen molar-refractivity contribution >= 4 is 22.9 Å². The number of benzene rings is 1. The highest BCUT2D eigenvalue weighted by atomic mass is 35.5. The summed E-state index contributed by atoms with van der Waals surface area (Å²) in [6, 6.07) is 7.26. The molecule has 0 fully saturated rings.